The van der Waals surface area contributed by atoms with Crippen LogP contribution in [0.4, 0.5) is 5.82 Å². The summed E-state index contributed by atoms with van der Waals surface area (Å²) in [7, 11) is 0. The van der Waals surface area contributed by atoms with Crippen molar-refractivity contribution in [2.75, 3.05) is 31.1 Å². The summed E-state index contributed by atoms with van der Waals surface area (Å²) >= 11 is 0. The fourth-order valence-corrected chi connectivity index (χ4v) is 2.76. The van der Waals surface area contributed by atoms with Crippen molar-refractivity contribution in [1.82, 2.24) is 20.1 Å². The highest BCUT2D eigenvalue weighted by molar-refractivity contribution is 5.39. The predicted molar refractivity (Wildman–Crippen MR) is 84.9 cm³/mol. The van der Waals surface area contributed by atoms with Crippen LogP contribution in [0.5, 0.6) is 0 Å². The lowest BCUT2D eigenvalue weighted by Crippen LogP contribution is -2.31. The lowest BCUT2D eigenvalue weighted by Gasteiger charge is -2.21. The van der Waals surface area contributed by atoms with Crippen LogP contribution in [0.15, 0.2) is 16.7 Å². The van der Waals surface area contributed by atoms with E-state index < -0.39 is 0 Å². The minimum atomic E-state index is 0.780. The molecule has 1 saturated heterocycles. The zero-order chi connectivity index (χ0) is 15.5. The van der Waals surface area contributed by atoms with E-state index in [9.17, 15) is 0 Å². The second-order valence-electron chi connectivity index (χ2n) is 5.96. The zero-order valence-electron chi connectivity index (χ0n) is 13.5. The lowest BCUT2D eigenvalue weighted by molar-refractivity contribution is 0.253. The molecule has 0 bridgehead atoms. The van der Waals surface area contributed by atoms with Gasteiger partial charge in [-0.2, -0.15) is 5.10 Å². The van der Waals surface area contributed by atoms with Gasteiger partial charge >= 0.3 is 0 Å². The molecule has 1 fully saturated rings. The van der Waals surface area contributed by atoms with Crippen molar-refractivity contribution in [2.24, 2.45) is 0 Å². The summed E-state index contributed by atoms with van der Waals surface area (Å²) in [5.41, 5.74) is 2.14. The lowest BCUT2D eigenvalue weighted by atomic mass is 10.3. The Morgan fingerprint density at radius 1 is 1.14 bits per heavy atom. The molecule has 2 aromatic rings. The van der Waals surface area contributed by atoms with Crippen LogP contribution in [0, 0.1) is 20.8 Å². The second kappa shape index (κ2) is 6.44. The van der Waals surface area contributed by atoms with Crippen LogP contribution < -0.4 is 4.90 Å². The third kappa shape index (κ3) is 3.44. The summed E-state index contributed by atoms with van der Waals surface area (Å²) < 4.78 is 5.70. The minimum Gasteiger partial charge on any atom is -0.444 e. The normalized spacial score (nSPS) is 16.8. The van der Waals surface area contributed by atoms with Crippen LogP contribution in [0.3, 0.4) is 0 Å². The van der Waals surface area contributed by atoms with Gasteiger partial charge in [-0.15, -0.1) is 5.10 Å². The van der Waals surface area contributed by atoms with Crippen molar-refractivity contribution < 1.29 is 4.42 Å². The first-order valence-electron chi connectivity index (χ1n) is 7.81. The maximum absolute atomic E-state index is 5.70. The van der Waals surface area contributed by atoms with Gasteiger partial charge in [0.2, 0.25) is 5.89 Å². The van der Waals surface area contributed by atoms with Crippen LogP contribution in [-0.4, -0.2) is 46.3 Å². The Bertz CT molecular complexity index is 620. The van der Waals surface area contributed by atoms with Crippen LogP contribution in [-0.2, 0) is 6.54 Å². The molecule has 3 rings (SSSR count). The molecule has 0 aliphatic carbocycles. The Kier molecular flexibility index (Phi) is 4.38. The maximum Gasteiger partial charge on any atom is 0.208 e. The Morgan fingerprint density at radius 3 is 2.73 bits per heavy atom. The number of oxazole rings is 1. The molecule has 0 aromatic carbocycles. The molecule has 118 valence electrons. The first-order valence-corrected chi connectivity index (χ1v) is 7.81. The molecular formula is C16H23N5O. The number of hydrogen-bond donors (Lipinski definition) is 0. The van der Waals surface area contributed by atoms with Crippen molar-refractivity contribution >= 4 is 5.82 Å². The van der Waals surface area contributed by atoms with E-state index in [2.05, 4.69) is 38.0 Å². The van der Waals surface area contributed by atoms with E-state index in [1.54, 1.807) is 6.20 Å². The molecule has 0 unspecified atom stereocenters. The highest BCUT2D eigenvalue weighted by atomic mass is 16.4. The zero-order valence-corrected chi connectivity index (χ0v) is 13.5. The van der Waals surface area contributed by atoms with Gasteiger partial charge in [0.25, 0.3) is 0 Å². The summed E-state index contributed by atoms with van der Waals surface area (Å²) in [6, 6.07) is 2.10. The molecule has 2 aromatic heterocycles. The monoisotopic (exact) mass is 301 g/mol. The average molecular weight is 301 g/mol. The minimum absolute atomic E-state index is 0.780. The Hall–Kier alpha value is -1.95. The van der Waals surface area contributed by atoms with Crippen molar-refractivity contribution in [3.8, 4) is 0 Å². The molecule has 6 heteroatoms. The maximum atomic E-state index is 5.70. The van der Waals surface area contributed by atoms with Gasteiger partial charge in [0, 0.05) is 26.2 Å². The standard InChI is InChI=1S/C16H23N5O/c1-12-9-15(19-17-10-12)21-6-4-5-20(7-8-21)11-16-18-13(2)14(3)22-16/h9-10H,4-8,11H2,1-3H3. The number of aromatic nitrogens is 3. The van der Waals surface area contributed by atoms with Gasteiger partial charge in [0.05, 0.1) is 18.4 Å². The first kappa shape index (κ1) is 15.0. The van der Waals surface area contributed by atoms with E-state index in [4.69, 9.17) is 4.42 Å². The van der Waals surface area contributed by atoms with Crippen LogP contribution in [0.25, 0.3) is 0 Å². The Labute approximate surface area is 131 Å². The fraction of sp³-hybridized carbons (Fsp3) is 0.562. The van der Waals surface area contributed by atoms with E-state index in [1.165, 1.54) is 0 Å². The Morgan fingerprint density at radius 2 is 2.00 bits per heavy atom. The van der Waals surface area contributed by atoms with Crippen LogP contribution in [0.1, 0.15) is 29.3 Å². The molecule has 3 heterocycles. The molecule has 0 spiro atoms. The van der Waals surface area contributed by atoms with Crippen LogP contribution in [0.2, 0.25) is 0 Å². The highest BCUT2D eigenvalue weighted by Gasteiger charge is 2.18. The van der Waals surface area contributed by atoms with E-state index in [0.717, 1.165) is 67.9 Å². The van der Waals surface area contributed by atoms with E-state index in [0.29, 0.717) is 0 Å². The Balaban J connectivity index is 1.62. The number of nitrogens with zero attached hydrogens (tertiary/aromatic N) is 5. The summed E-state index contributed by atoms with van der Waals surface area (Å²) in [4.78, 5) is 9.19. The predicted octanol–water partition coefficient (Wildman–Crippen LogP) is 2.10. The molecule has 1 aliphatic heterocycles. The number of hydrogen-bond acceptors (Lipinski definition) is 6. The van der Waals surface area contributed by atoms with Gasteiger partial charge in [-0.05, 0) is 38.8 Å². The summed E-state index contributed by atoms with van der Waals surface area (Å²) in [5, 5.41) is 8.31. The van der Waals surface area contributed by atoms with Crippen LogP contribution >= 0.6 is 0 Å². The van der Waals surface area contributed by atoms with Gasteiger partial charge in [0.1, 0.15) is 5.76 Å². The number of rotatable bonds is 3. The highest BCUT2D eigenvalue weighted by Crippen LogP contribution is 2.16. The van der Waals surface area contributed by atoms with E-state index in [-0.39, 0.29) is 0 Å². The van der Waals surface area contributed by atoms with Crippen molar-refractivity contribution in [1.29, 1.82) is 0 Å². The average Bonchev–Trinajstić information content (AvgIpc) is 2.68. The molecule has 0 radical (unpaired) electrons. The summed E-state index contributed by atoms with van der Waals surface area (Å²) in [5.74, 6) is 2.71. The number of anilines is 1. The molecule has 22 heavy (non-hydrogen) atoms. The smallest absolute Gasteiger partial charge is 0.208 e. The van der Waals surface area contributed by atoms with Gasteiger partial charge in [-0.3, -0.25) is 4.90 Å². The van der Waals surface area contributed by atoms with Gasteiger partial charge in [0.15, 0.2) is 5.82 Å². The third-order valence-corrected chi connectivity index (χ3v) is 4.12. The quantitative estimate of drug-likeness (QED) is 0.865. The van der Waals surface area contributed by atoms with Crippen molar-refractivity contribution in [3.63, 3.8) is 0 Å². The van der Waals surface area contributed by atoms with E-state index >= 15 is 0 Å². The largest absolute Gasteiger partial charge is 0.444 e. The SMILES string of the molecule is Cc1cnnc(N2CCCN(Cc3nc(C)c(C)o3)CC2)c1. The third-order valence-electron chi connectivity index (χ3n) is 4.12. The van der Waals surface area contributed by atoms with E-state index in [1.807, 2.05) is 13.8 Å². The molecule has 0 atom stereocenters. The molecule has 6 nitrogen and oxygen atoms in total. The van der Waals surface area contributed by atoms with Gasteiger partial charge in [-0.25, -0.2) is 4.98 Å². The summed E-state index contributed by atoms with van der Waals surface area (Å²) in [6.07, 6.45) is 2.90. The second-order valence-corrected chi connectivity index (χ2v) is 5.96. The molecular weight excluding hydrogens is 278 g/mol. The van der Waals surface area contributed by atoms with Gasteiger partial charge in [-0.1, -0.05) is 0 Å². The topological polar surface area (TPSA) is 58.3 Å². The summed E-state index contributed by atoms with van der Waals surface area (Å²) in [6.45, 7) is 10.8. The van der Waals surface area contributed by atoms with Crippen molar-refractivity contribution in [2.45, 2.75) is 33.7 Å². The first-order chi connectivity index (χ1) is 10.6. The van der Waals surface area contributed by atoms with Gasteiger partial charge < -0.3 is 9.32 Å². The number of aryl methyl sites for hydroxylation is 3. The molecule has 0 saturated carbocycles. The molecule has 0 N–H and O–H groups in total. The molecule has 1 aliphatic rings. The molecule has 0 amide bonds. The van der Waals surface area contributed by atoms with Crippen molar-refractivity contribution in [3.05, 3.63) is 35.2 Å². The fourth-order valence-electron chi connectivity index (χ4n) is 2.76.